The fraction of sp³-hybridized carbons (Fsp3) is 0. The number of hydrogen-bond acceptors (Lipinski definition) is 4. The van der Waals surface area contributed by atoms with Crippen molar-refractivity contribution < 1.29 is 0 Å². The standard InChI is InChI=1S/C10H8B2N4/c1-3-7(11-5-1)9-13-15-10(16-14-9)8-4-2-6-12-8/h1-6,11-12H. The minimum atomic E-state index is 0.625. The summed E-state index contributed by atoms with van der Waals surface area (Å²) in [6.45, 7) is 0. The smallest absolute Gasteiger partial charge is 0.127 e. The van der Waals surface area contributed by atoms with Crippen molar-refractivity contribution in [1.82, 2.24) is 20.4 Å². The van der Waals surface area contributed by atoms with Gasteiger partial charge in [0.05, 0.1) is 0 Å². The van der Waals surface area contributed by atoms with Crippen molar-refractivity contribution in [2.24, 2.45) is 0 Å². The van der Waals surface area contributed by atoms with E-state index in [9.17, 15) is 0 Å². The Morgan fingerprint density at radius 2 is 1.12 bits per heavy atom. The predicted molar refractivity (Wildman–Crippen MR) is 66.2 cm³/mol. The van der Waals surface area contributed by atoms with Crippen LogP contribution in [0.3, 0.4) is 0 Å². The van der Waals surface area contributed by atoms with Gasteiger partial charge in [0.25, 0.3) is 0 Å². The van der Waals surface area contributed by atoms with Crippen LogP contribution < -0.4 is 0 Å². The summed E-state index contributed by atoms with van der Waals surface area (Å²) in [5.74, 6) is 5.38. The van der Waals surface area contributed by atoms with E-state index < -0.39 is 0 Å². The van der Waals surface area contributed by atoms with Gasteiger partial charge in [-0.1, -0.05) is 24.3 Å². The number of allylic oxidation sites excluding steroid dienone is 4. The number of nitrogens with zero attached hydrogens (tertiary/aromatic N) is 4. The Morgan fingerprint density at radius 3 is 1.44 bits per heavy atom. The van der Waals surface area contributed by atoms with Gasteiger partial charge in [0.15, 0.2) is 26.2 Å². The molecule has 0 aromatic carbocycles. The molecule has 0 spiro atoms. The van der Waals surface area contributed by atoms with Crippen LogP contribution in [0.1, 0.15) is 11.6 Å². The zero-order chi connectivity index (χ0) is 10.8. The molecule has 74 valence electrons. The first-order valence-corrected chi connectivity index (χ1v) is 5.23. The van der Waals surface area contributed by atoms with Gasteiger partial charge in [0.2, 0.25) is 0 Å². The molecule has 1 aromatic rings. The number of aromatic nitrogens is 4. The quantitative estimate of drug-likeness (QED) is 0.632. The van der Waals surface area contributed by atoms with Gasteiger partial charge >= 0.3 is 0 Å². The molecule has 0 N–H and O–H groups in total. The van der Waals surface area contributed by atoms with E-state index in [0.717, 1.165) is 25.5 Å². The first kappa shape index (κ1) is 9.27. The summed E-state index contributed by atoms with van der Waals surface area (Å²) in [7, 11) is 1.74. The van der Waals surface area contributed by atoms with Gasteiger partial charge in [-0.25, -0.2) is 0 Å². The highest BCUT2D eigenvalue weighted by Gasteiger charge is 2.12. The molecule has 0 unspecified atom stereocenters. The highest BCUT2D eigenvalue weighted by atomic mass is 15.3. The van der Waals surface area contributed by atoms with E-state index in [1.807, 2.05) is 24.3 Å². The third kappa shape index (κ3) is 1.62. The molecule has 0 radical (unpaired) electrons. The predicted octanol–water partition coefficient (Wildman–Crippen LogP) is -0.124. The average molecular weight is 206 g/mol. The molecular formula is C10H8B2N4. The normalized spacial score (nSPS) is 16.8. The van der Waals surface area contributed by atoms with Crippen molar-refractivity contribution >= 4 is 25.5 Å². The van der Waals surface area contributed by atoms with Crippen LogP contribution in [0, 0.1) is 0 Å². The third-order valence-electron chi connectivity index (χ3n) is 2.60. The van der Waals surface area contributed by atoms with Crippen molar-refractivity contribution in [3.8, 4) is 0 Å². The van der Waals surface area contributed by atoms with Crippen LogP contribution in [0.4, 0.5) is 0 Å². The molecule has 2 aliphatic rings. The van der Waals surface area contributed by atoms with Gasteiger partial charge in [0, 0.05) is 0 Å². The molecule has 6 heteroatoms. The van der Waals surface area contributed by atoms with Gasteiger partial charge < -0.3 is 0 Å². The van der Waals surface area contributed by atoms with E-state index in [1.165, 1.54) is 0 Å². The minimum absolute atomic E-state index is 0.625. The van der Waals surface area contributed by atoms with E-state index >= 15 is 0 Å². The molecular weight excluding hydrogens is 198 g/mol. The van der Waals surface area contributed by atoms with Gasteiger partial charge in [-0.15, -0.1) is 32.3 Å². The van der Waals surface area contributed by atoms with E-state index in [-0.39, 0.29) is 0 Å². The summed E-state index contributed by atoms with van der Waals surface area (Å²) >= 11 is 0. The second kappa shape index (κ2) is 3.89. The van der Waals surface area contributed by atoms with Crippen LogP contribution in [0.15, 0.2) is 36.3 Å². The van der Waals surface area contributed by atoms with E-state index in [1.54, 1.807) is 0 Å². The summed E-state index contributed by atoms with van der Waals surface area (Å²) in [5, 5.41) is 16.4. The SMILES string of the molecule is B1C=CC=C1c1nnc(C2=CC=CB2)nn1. The lowest BCUT2D eigenvalue weighted by molar-refractivity contribution is 0.822. The Balaban J connectivity index is 1.85. The van der Waals surface area contributed by atoms with Crippen molar-refractivity contribution in [3.63, 3.8) is 0 Å². The van der Waals surface area contributed by atoms with Gasteiger partial charge in [-0.2, -0.15) is 0 Å². The Bertz CT molecular complexity index is 479. The topological polar surface area (TPSA) is 51.6 Å². The largest absolute Gasteiger partial charge is 0.190 e. The molecule has 1 aromatic heterocycles. The summed E-state index contributed by atoms with van der Waals surface area (Å²) in [5.41, 5.74) is 2.15. The zero-order valence-electron chi connectivity index (χ0n) is 8.67. The van der Waals surface area contributed by atoms with E-state index in [2.05, 4.69) is 32.3 Å². The monoisotopic (exact) mass is 206 g/mol. The molecule has 0 saturated heterocycles. The Kier molecular flexibility index (Phi) is 2.25. The van der Waals surface area contributed by atoms with Gasteiger partial charge in [0.1, 0.15) is 0 Å². The molecule has 0 aliphatic carbocycles. The minimum Gasteiger partial charge on any atom is -0.127 e. The summed E-state index contributed by atoms with van der Waals surface area (Å²) < 4.78 is 0. The van der Waals surface area contributed by atoms with E-state index in [0.29, 0.717) is 11.6 Å². The summed E-state index contributed by atoms with van der Waals surface area (Å²) in [4.78, 5) is 0. The maximum absolute atomic E-state index is 4.10. The highest BCUT2D eigenvalue weighted by molar-refractivity contribution is 6.67. The third-order valence-corrected chi connectivity index (χ3v) is 2.60. The van der Waals surface area contributed by atoms with E-state index in [4.69, 9.17) is 0 Å². The summed E-state index contributed by atoms with van der Waals surface area (Å²) in [6.07, 6.45) is 7.98. The molecule has 0 atom stereocenters. The molecule has 0 bridgehead atoms. The van der Waals surface area contributed by atoms with Crippen molar-refractivity contribution in [2.45, 2.75) is 0 Å². The molecule has 0 saturated carbocycles. The maximum atomic E-state index is 4.10. The second-order valence-corrected chi connectivity index (χ2v) is 3.70. The van der Waals surface area contributed by atoms with Crippen molar-refractivity contribution in [2.75, 3.05) is 0 Å². The lowest BCUT2D eigenvalue weighted by Crippen LogP contribution is -2.07. The Labute approximate surface area is 94.4 Å². The second-order valence-electron chi connectivity index (χ2n) is 3.70. The van der Waals surface area contributed by atoms with Crippen LogP contribution in [-0.4, -0.2) is 35.0 Å². The first-order chi connectivity index (χ1) is 7.93. The van der Waals surface area contributed by atoms with Crippen LogP contribution in [-0.2, 0) is 0 Å². The zero-order valence-corrected chi connectivity index (χ0v) is 8.67. The molecule has 3 rings (SSSR count). The van der Waals surface area contributed by atoms with Gasteiger partial charge in [-0.3, -0.25) is 0 Å². The fourth-order valence-corrected chi connectivity index (χ4v) is 1.71. The molecule has 3 heterocycles. The first-order valence-electron chi connectivity index (χ1n) is 5.23. The van der Waals surface area contributed by atoms with Crippen molar-refractivity contribution in [3.05, 3.63) is 47.9 Å². The van der Waals surface area contributed by atoms with Crippen molar-refractivity contribution in [1.29, 1.82) is 0 Å². The Hall–Kier alpha value is -1.97. The highest BCUT2D eigenvalue weighted by Crippen LogP contribution is 2.14. The molecule has 4 nitrogen and oxygen atoms in total. The van der Waals surface area contributed by atoms with Crippen LogP contribution in [0.2, 0.25) is 0 Å². The summed E-state index contributed by atoms with van der Waals surface area (Å²) in [6, 6.07) is 0. The Morgan fingerprint density at radius 1 is 0.688 bits per heavy atom. The fourth-order valence-electron chi connectivity index (χ4n) is 1.71. The van der Waals surface area contributed by atoms with Crippen LogP contribution in [0.5, 0.6) is 0 Å². The lowest BCUT2D eigenvalue weighted by Gasteiger charge is -2.00. The van der Waals surface area contributed by atoms with Gasteiger partial charge in [-0.05, 0) is 10.9 Å². The number of hydrogen-bond donors (Lipinski definition) is 0. The molecule has 0 amide bonds. The number of rotatable bonds is 2. The maximum Gasteiger partial charge on any atom is 0.190 e. The molecule has 0 fully saturated rings. The lowest BCUT2D eigenvalue weighted by atomic mass is 9.72. The molecule has 2 aliphatic heterocycles. The van der Waals surface area contributed by atoms with Crippen LogP contribution >= 0.6 is 0 Å². The average Bonchev–Trinajstić information content (AvgIpc) is 3.03. The molecule has 16 heavy (non-hydrogen) atoms. The van der Waals surface area contributed by atoms with Crippen LogP contribution in [0.25, 0.3) is 10.9 Å².